The number of phenols is 1. The van der Waals surface area contributed by atoms with E-state index in [1.54, 1.807) is 44.9 Å². The molecule has 0 bridgehead atoms. The molecule has 6 heteroatoms. The van der Waals surface area contributed by atoms with Gasteiger partial charge in [0.2, 0.25) is 0 Å². The van der Waals surface area contributed by atoms with Crippen molar-refractivity contribution in [1.29, 1.82) is 0 Å². The molecule has 0 radical (unpaired) electrons. The minimum atomic E-state index is -0.586. The topological polar surface area (TPSA) is 46.5 Å². The third-order valence-electron chi connectivity index (χ3n) is 2.94. The van der Waals surface area contributed by atoms with E-state index >= 15 is 0 Å². The van der Waals surface area contributed by atoms with Gasteiger partial charge in [0.25, 0.3) is 0 Å². The molecule has 0 unspecified atom stereocenters. The summed E-state index contributed by atoms with van der Waals surface area (Å²) in [4.78, 5) is 13.1. The van der Waals surface area contributed by atoms with Crippen molar-refractivity contribution in [1.82, 2.24) is 0 Å². The predicted molar refractivity (Wildman–Crippen MR) is 91.5 cm³/mol. The Morgan fingerprint density at radius 3 is 2.41 bits per heavy atom. The predicted octanol–water partition coefficient (Wildman–Crippen LogP) is 5.13. The van der Waals surface area contributed by atoms with E-state index in [1.807, 2.05) is 18.2 Å². The number of esters is 1. The maximum Gasteiger partial charge on any atom is 0.347 e. The maximum absolute atomic E-state index is 12.0. The molecule has 110 valence electrons. The van der Waals surface area contributed by atoms with Gasteiger partial charge in [-0.2, -0.15) is 0 Å². The van der Waals surface area contributed by atoms with Gasteiger partial charge in [-0.3, -0.25) is 0 Å². The molecule has 0 spiro atoms. The second-order valence-electron chi connectivity index (χ2n) is 4.43. The second-order valence-corrected chi connectivity index (χ2v) is 7.34. The number of carbonyl (C=O) groups excluding carboxylic acids is 1. The molecule has 1 heterocycles. The van der Waals surface area contributed by atoms with Gasteiger partial charge in [-0.05, 0) is 48.0 Å². The Balaban J connectivity index is 1.78. The highest BCUT2D eigenvalue weighted by Crippen LogP contribution is 2.30. The van der Waals surface area contributed by atoms with Gasteiger partial charge in [-0.1, -0.05) is 45.0 Å². The zero-order valence-electron chi connectivity index (χ0n) is 11.2. The first-order chi connectivity index (χ1) is 10.6. The first-order valence-corrected chi connectivity index (χ1v) is 8.90. The van der Waals surface area contributed by atoms with Crippen LogP contribution in [0.15, 0.2) is 54.6 Å². The minimum Gasteiger partial charge on any atom is -0.507 e. The number of benzene rings is 2. The van der Waals surface area contributed by atoms with E-state index in [0.29, 0.717) is 5.75 Å². The number of ether oxygens (including phenoxy) is 1. The third-order valence-corrected chi connectivity index (χ3v) is 5.85. The summed E-state index contributed by atoms with van der Waals surface area (Å²) in [5.74, 6) is -0.255. The van der Waals surface area contributed by atoms with Crippen molar-refractivity contribution in [2.24, 2.45) is 0 Å². The second kappa shape index (κ2) is 6.39. The van der Waals surface area contributed by atoms with Crippen LogP contribution in [0.5, 0.6) is 11.5 Å². The first kappa shape index (κ1) is 14.9. The van der Waals surface area contributed by atoms with Crippen molar-refractivity contribution in [2.45, 2.75) is 0 Å². The van der Waals surface area contributed by atoms with Crippen LogP contribution in [0.3, 0.4) is 0 Å². The van der Waals surface area contributed by atoms with E-state index in [4.69, 9.17) is 17.0 Å². The quantitative estimate of drug-likeness (QED) is 0.309. The fraction of sp³-hybridized carbons (Fsp3) is 0. The van der Waals surface area contributed by atoms with E-state index in [0.717, 1.165) is 14.3 Å². The highest BCUT2D eigenvalue weighted by molar-refractivity contribution is 7.80. The van der Waals surface area contributed by atoms with Gasteiger partial charge in [-0.15, -0.1) is 0 Å². The summed E-state index contributed by atoms with van der Waals surface area (Å²) in [6.07, 6.45) is 0. The third kappa shape index (κ3) is 3.24. The molecule has 0 atom stereocenters. The van der Waals surface area contributed by atoms with Gasteiger partial charge in [0.05, 0.1) is 0 Å². The number of aromatic hydroxyl groups is 1. The van der Waals surface area contributed by atoms with Crippen LogP contribution in [0, 0.1) is 3.82 Å². The molecule has 22 heavy (non-hydrogen) atoms. The van der Waals surface area contributed by atoms with E-state index in [-0.39, 0.29) is 11.3 Å². The lowest BCUT2D eigenvalue weighted by molar-refractivity contribution is 0.0731. The van der Waals surface area contributed by atoms with Crippen LogP contribution in [-0.4, -0.2) is 11.1 Å². The number of phenolic OH excluding ortho intramolecular Hbond substituents is 1. The first-order valence-electron chi connectivity index (χ1n) is 6.34. The van der Waals surface area contributed by atoms with Gasteiger partial charge in [0.1, 0.15) is 20.9 Å². The van der Waals surface area contributed by atoms with Crippen LogP contribution < -0.4 is 4.74 Å². The van der Waals surface area contributed by atoms with Crippen molar-refractivity contribution in [3.8, 4) is 21.9 Å². The lowest BCUT2D eigenvalue weighted by Gasteiger charge is -2.06. The van der Waals surface area contributed by atoms with Crippen LogP contribution in [0.25, 0.3) is 10.4 Å². The van der Waals surface area contributed by atoms with Crippen LogP contribution >= 0.6 is 32.9 Å². The van der Waals surface area contributed by atoms with E-state index in [2.05, 4.69) is 0 Å². The summed E-state index contributed by atoms with van der Waals surface area (Å²) >= 11 is 5.12. The van der Waals surface area contributed by atoms with Gasteiger partial charge < -0.3 is 9.84 Å². The van der Waals surface area contributed by atoms with Crippen molar-refractivity contribution in [2.75, 3.05) is 0 Å². The van der Waals surface area contributed by atoms with Crippen LogP contribution in [-0.2, 0) is 0 Å². The number of hydrogen-bond acceptors (Lipinski definition) is 6. The SMILES string of the molecule is O=C(Oc1ccc(-c2cc(=S)ss2)cc1)c1ccccc1O. The summed E-state index contributed by atoms with van der Waals surface area (Å²) in [5.41, 5.74) is 1.17. The number of para-hydroxylation sites is 1. The summed E-state index contributed by atoms with van der Waals surface area (Å²) in [7, 11) is 3.17. The molecule has 0 saturated heterocycles. The Labute approximate surface area is 139 Å². The maximum atomic E-state index is 12.0. The molecule has 1 N–H and O–H groups in total. The molecule has 0 amide bonds. The molecular formula is C16H10O3S3. The fourth-order valence-electron chi connectivity index (χ4n) is 1.87. The minimum absolute atomic E-state index is 0.0952. The Hall–Kier alpha value is -2.02. The van der Waals surface area contributed by atoms with Crippen LogP contribution in [0.4, 0.5) is 0 Å². The normalized spacial score (nSPS) is 10.4. The monoisotopic (exact) mass is 346 g/mol. The zero-order chi connectivity index (χ0) is 15.5. The summed E-state index contributed by atoms with van der Waals surface area (Å²) in [6, 6.07) is 15.4. The standard InChI is InChI=1S/C16H10O3S3/c17-13-4-2-1-3-12(13)16(18)19-11-7-5-10(6-8-11)14-9-15(20)22-21-14/h1-9,17H. The molecule has 1 aromatic heterocycles. The molecular weight excluding hydrogens is 336 g/mol. The number of hydrogen-bond donors (Lipinski definition) is 1. The highest BCUT2D eigenvalue weighted by Gasteiger charge is 2.12. The largest absolute Gasteiger partial charge is 0.507 e. The zero-order valence-corrected chi connectivity index (χ0v) is 13.6. The molecule has 0 fully saturated rings. The summed E-state index contributed by atoms with van der Waals surface area (Å²) in [5, 5.41) is 9.65. The molecule has 3 rings (SSSR count). The average molecular weight is 346 g/mol. The summed E-state index contributed by atoms with van der Waals surface area (Å²) in [6.45, 7) is 0. The molecule has 0 saturated carbocycles. The van der Waals surface area contributed by atoms with E-state index < -0.39 is 5.97 Å². The Morgan fingerprint density at radius 2 is 1.77 bits per heavy atom. The van der Waals surface area contributed by atoms with Gasteiger partial charge >= 0.3 is 5.97 Å². The van der Waals surface area contributed by atoms with E-state index in [9.17, 15) is 9.90 Å². The molecule has 3 nitrogen and oxygen atoms in total. The van der Waals surface area contributed by atoms with Crippen LogP contribution in [0.2, 0.25) is 0 Å². The Kier molecular flexibility index (Phi) is 4.33. The van der Waals surface area contributed by atoms with Crippen molar-refractivity contribution >= 4 is 38.9 Å². The average Bonchev–Trinajstić information content (AvgIpc) is 2.95. The fourth-order valence-corrected chi connectivity index (χ4v) is 4.27. The van der Waals surface area contributed by atoms with Crippen molar-refractivity contribution in [3.63, 3.8) is 0 Å². The van der Waals surface area contributed by atoms with Gasteiger partial charge in [-0.25, -0.2) is 4.79 Å². The lowest BCUT2D eigenvalue weighted by atomic mass is 10.2. The van der Waals surface area contributed by atoms with Crippen molar-refractivity contribution in [3.05, 3.63) is 64.0 Å². The number of rotatable bonds is 3. The molecule has 3 aromatic rings. The van der Waals surface area contributed by atoms with Gasteiger partial charge in [0.15, 0.2) is 0 Å². The lowest BCUT2D eigenvalue weighted by Crippen LogP contribution is -2.08. The Morgan fingerprint density at radius 1 is 1.05 bits per heavy atom. The summed E-state index contributed by atoms with van der Waals surface area (Å²) < 4.78 is 6.12. The molecule has 2 aromatic carbocycles. The van der Waals surface area contributed by atoms with Crippen molar-refractivity contribution < 1.29 is 14.6 Å². The molecule has 0 aliphatic rings. The molecule has 0 aliphatic carbocycles. The van der Waals surface area contributed by atoms with E-state index in [1.165, 1.54) is 12.1 Å². The number of carbonyl (C=O) groups is 1. The van der Waals surface area contributed by atoms with Gasteiger partial charge in [0, 0.05) is 4.88 Å². The highest BCUT2D eigenvalue weighted by atomic mass is 32.9. The Bertz CT molecular complexity index is 863. The smallest absolute Gasteiger partial charge is 0.347 e. The molecule has 0 aliphatic heterocycles. The van der Waals surface area contributed by atoms with Crippen LogP contribution in [0.1, 0.15) is 10.4 Å².